The van der Waals surface area contributed by atoms with Crippen molar-refractivity contribution in [2.45, 2.75) is 13.8 Å². The Bertz CT molecular complexity index is 818. The summed E-state index contributed by atoms with van der Waals surface area (Å²) in [5.41, 5.74) is 5.28. The summed E-state index contributed by atoms with van der Waals surface area (Å²) in [6.07, 6.45) is 3.44. The highest BCUT2D eigenvalue weighted by atomic mass is 16.4. The number of fused-ring (bicyclic) bond motifs is 1. The third-order valence-electron chi connectivity index (χ3n) is 3.36. The number of aryl methyl sites for hydroxylation is 2. The van der Waals surface area contributed by atoms with E-state index in [4.69, 9.17) is 5.11 Å². The van der Waals surface area contributed by atoms with E-state index in [2.05, 4.69) is 31.0 Å². The SMILES string of the molecule is Cc1ccc(-c2cn3cc(C(=O)O)ccc3n2)c(C)c1. The standard InChI is InChI=1S/C16H14N2O2/c1-10-3-5-13(11(2)7-10)14-9-18-8-12(16(19)20)4-6-15(18)17-14/h3-9H,1-2H3,(H,19,20). The van der Waals surface area contributed by atoms with Gasteiger partial charge in [0.1, 0.15) is 5.65 Å². The Hall–Kier alpha value is -2.62. The van der Waals surface area contributed by atoms with Gasteiger partial charge in [0.25, 0.3) is 0 Å². The number of benzene rings is 1. The lowest BCUT2D eigenvalue weighted by Gasteiger charge is -2.02. The Labute approximate surface area is 116 Å². The summed E-state index contributed by atoms with van der Waals surface area (Å²) in [4.78, 5) is 15.5. The highest BCUT2D eigenvalue weighted by molar-refractivity contribution is 5.87. The van der Waals surface area contributed by atoms with Crippen LogP contribution in [0, 0.1) is 13.8 Å². The number of pyridine rings is 1. The Morgan fingerprint density at radius 1 is 1.15 bits per heavy atom. The number of imidazole rings is 1. The smallest absolute Gasteiger partial charge is 0.337 e. The van der Waals surface area contributed by atoms with Crippen LogP contribution < -0.4 is 0 Å². The highest BCUT2D eigenvalue weighted by Gasteiger charge is 2.09. The van der Waals surface area contributed by atoms with Crippen LogP contribution in [0.25, 0.3) is 16.9 Å². The molecule has 1 aromatic carbocycles. The predicted molar refractivity (Wildman–Crippen MR) is 77.1 cm³/mol. The second-order valence-corrected chi connectivity index (χ2v) is 4.93. The minimum absolute atomic E-state index is 0.252. The number of hydrogen-bond acceptors (Lipinski definition) is 2. The van der Waals surface area contributed by atoms with Gasteiger partial charge in [-0.3, -0.25) is 0 Å². The largest absolute Gasteiger partial charge is 0.478 e. The third kappa shape index (κ3) is 2.05. The maximum absolute atomic E-state index is 11.0. The molecule has 2 heterocycles. The summed E-state index contributed by atoms with van der Waals surface area (Å²) in [6.45, 7) is 4.11. The van der Waals surface area contributed by atoms with Gasteiger partial charge in [-0.1, -0.05) is 23.8 Å². The van der Waals surface area contributed by atoms with Crippen LogP contribution in [0.1, 0.15) is 21.5 Å². The maximum atomic E-state index is 11.0. The van der Waals surface area contributed by atoms with Crippen molar-refractivity contribution >= 4 is 11.6 Å². The lowest BCUT2D eigenvalue weighted by atomic mass is 10.0. The molecule has 2 aromatic heterocycles. The molecule has 4 nitrogen and oxygen atoms in total. The van der Waals surface area contributed by atoms with Crippen molar-refractivity contribution in [2.75, 3.05) is 0 Å². The van der Waals surface area contributed by atoms with E-state index in [1.807, 2.05) is 12.3 Å². The van der Waals surface area contributed by atoms with Crippen molar-refractivity contribution in [1.29, 1.82) is 0 Å². The fourth-order valence-corrected chi connectivity index (χ4v) is 2.35. The summed E-state index contributed by atoms with van der Waals surface area (Å²) >= 11 is 0. The highest BCUT2D eigenvalue weighted by Crippen LogP contribution is 2.24. The fraction of sp³-hybridized carbons (Fsp3) is 0.125. The molecule has 0 atom stereocenters. The lowest BCUT2D eigenvalue weighted by molar-refractivity contribution is 0.0696. The van der Waals surface area contributed by atoms with Gasteiger partial charge in [0, 0.05) is 18.0 Å². The Morgan fingerprint density at radius 3 is 2.65 bits per heavy atom. The number of aromatic nitrogens is 2. The van der Waals surface area contributed by atoms with Crippen LogP contribution in [0.15, 0.2) is 42.7 Å². The van der Waals surface area contributed by atoms with E-state index in [1.54, 1.807) is 22.7 Å². The molecule has 0 unspecified atom stereocenters. The predicted octanol–water partition coefficient (Wildman–Crippen LogP) is 3.32. The zero-order valence-corrected chi connectivity index (χ0v) is 11.3. The molecule has 3 aromatic rings. The first-order valence-corrected chi connectivity index (χ1v) is 6.34. The van der Waals surface area contributed by atoms with Crippen molar-refractivity contribution in [1.82, 2.24) is 9.38 Å². The first kappa shape index (κ1) is 12.4. The van der Waals surface area contributed by atoms with E-state index < -0.39 is 5.97 Å². The molecule has 100 valence electrons. The minimum Gasteiger partial charge on any atom is -0.478 e. The van der Waals surface area contributed by atoms with Crippen molar-refractivity contribution < 1.29 is 9.90 Å². The lowest BCUT2D eigenvalue weighted by Crippen LogP contribution is -1.97. The maximum Gasteiger partial charge on any atom is 0.337 e. The van der Waals surface area contributed by atoms with Gasteiger partial charge in [-0.15, -0.1) is 0 Å². The number of hydrogen-bond donors (Lipinski definition) is 1. The number of aromatic carboxylic acids is 1. The van der Waals surface area contributed by atoms with Crippen molar-refractivity contribution in [3.8, 4) is 11.3 Å². The van der Waals surface area contributed by atoms with E-state index in [0.717, 1.165) is 22.5 Å². The molecule has 0 fully saturated rings. The summed E-state index contributed by atoms with van der Waals surface area (Å²) in [7, 11) is 0. The van der Waals surface area contributed by atoms with Crippen molar-refractivity contribution in [3.63, 3.8) is 0 Å². The molecule has 0 aliphatic rings. The minimum atomic E-state index is -0.936. The first-order valence-electron chi connectivity index (χ1n) is 6.34. The van der Waals surface area contributed by atoms with Gasteiger partial charge >= 0.3 is 5.97 Å². The molecule has 0 bridgehead atoms. The zero-order valence-electron chi connectivity index (χ0n) is 11.3. The van der Waals surface area contributed by atoms with E-state index >= 15 is 0 Å². The molecular formula is C16H14N2O2. The number of carbonyl (C=O) groups is 1. The van der Waals surface area contributed by atoms with E-state index in [9.17, 15) is 4.79 Å². The van der Waals surface area contributed by atoms with Gasteiger partial charge in [0.05, 0.1) is 11.3 Å². The summed E-state index contributed by atoms with van der Waals surface area (Å²) < 4.78 is 1.75. The average molecular weight is 266 g/mol. The summed E-state index contributed by atoms with van der Waals surface area (Å²) in [5, 5.41) is 9.01. The molecule has 1 N–H and O–H groups in total. The quantitative estimate of drug-likeness (QED) is 0.774. The van der Waals surface area contributed by atoms with Gasteiger partial charge in [-0.25, -0.2) is 9.78 Å². The van der Waals surface area contributed by atoms with Crippen molar-refractivity contribution in [2.24, 2.45) is 0 Å². The van der Waals surface area contributed by atoms with Crippen LogP contribution in [0.5, 0.6) is 0 Å². The molecule has 0 saturated heterocycles. The molecule has 0 aliphatic carbocycles. The van der Waals surface area contributed by atoms with Crippen LogP contribution in [0.4, 0.5) is 0 Å². The second kappa shape index (κ2) is 4.49. The van der Waals surface area contributed by atoms with Gasteiger partial charge in [0.2, 0.25) is 0 Å². The molecule has 0 spiro atoms. The van der Waals surface area contributed by atoms with Gasteiger partial charge in [-0.2, -0.15) is 0 Å². The molecule has 20 heavy (non-hydrogen) atoms. The van der Waals surface area contributed by atoms with Crippen LogP contribution in [-0.2, 0) is 0 Å². The molecular weight excluding hydrogens is 252 g/mol. The van der Waals surface area contributed by atoms with E-state index in [0.29, 0.717) is 0 Å². The Morgan fingerprint density at radius 2 is 1.95 bits per heavy atom. The van der Waals surface area contributed by atoms with Crippen LogP contribution in [0.2, 0.25) is 0 Å². The molecule has 4 heteroatoms. The van der Waals surface area contributed by atoms with Crippen LogP contribution in [0.3, 0.4) is 0 Å². The Kier molecular flexibility index (Phi) is 2.79. The number of nitrogens with zero attached hydrogens (tertiary/aromatic N) is 2. The first-order chi connectivity index (χ1) is 9.54. The van der Waals surface area contributed by atoms with Gasteiger partial charge in [-0.05, 0) is 31.5 Å². The molecule has 0 saturated carbocycles. The number of carboxylic acids is 1. The monoisotopic (exact) mass is 266 g/mol. The average Bonchev–Trinajstić information content (AvgIpc) is 2.80. The van der Waals surface area contributed by atoms with E-state index in [1.165, 1.54) is 5.56 Å². The Balaban J connectivity index is 2.15. The van der Waals surface area contributed by atoms with Crippen LogP contribution in [-0.4, -0.2) is 20.5 Å². The van der Waals surface area contributed by atoms with Crippen molar-refractivity contribution in [3.05, 3.63) is 59.4 Å². The summed E-state index contributed by atoms with van der Waals surface area (Å²) in [6, 6.07) is 9.49. The second-order valence-electron chi connectivity index (χ2n) is 4.93. The number of carboxylic acid groups (broad SMARTS) is 1. The fourth-order valence-electron chi connectivity index (χ4n) is 2.35. The molecule has 3 rings (SSSR count). The third-order valence-corrected chi connectivity index (χ3v) is 3.36. The zero-order chi connectivity index (χ0) is 14.3. The number of rotatable bonds is 2. The normalized spacial score (nSPS) is 10.9. The van der Waals surface area contributed by atoms with Gasteiger partial charge in [0.15, 0.2) is 0 Å². The molecule has 0 amide bonds. The topological polar surface area (TPSA) is 54.6 Å². The van der Waals surface area contributed by atoms with Gasteiger partial charge < -0.3 is 9.51 Å². The molecule has 0 aliphatic heterocycles. The molecule has 0 radical (unpaired) electrons. The van der Waals surface area contributed by atoms with E-state index in [-0.39, 0.29) is 5.56 Å². The summed E-state index contributed by atoms with van der Waals surface area (Å²) in [5.74, 6) is -0.936. The van der Waals surface area contributed by atoms with Crippen LogP contribution >= 0.6 is 0 Å².